The molecule has 0 amide bonds. The van der Waals surface area contributed by atoms with Crippen molar-refractivity contribution in [1.82, 2.24) is 0 Å². The summed E-state index contributed by atoms with van der Waals surface area (Å²) >= 11 is 22.8. The molecular formula is C9H4Cl4O3. The number of phenolic OH excluding ortho intramolecular Hbond substituents is 1. The number of ether oxygens (including phenoxy) is 1. The highest BCUT2D eigenvalue weighted by Gasteiger charge is 2.25. The van der Waals surface area contributed by atoms with Gasteiger partial charge in [0.1, 0.15) is 10.6 Å². The normalized spacial score (nSPS) is 10.0. The monoisotopic (exact) mass is 300 g/mol. The summed E-state index contributed by atoms with van der Waals surface area (Å²) in [7, 11) is 0. The zero-order chi connectivity index (χ0) is 12.5. The van der Waals surface area contributed by atoms with E-state index in [0.29, 0.717) is 0 Å². The average Bonchev–Trinajstić information content (AvgIpc) is 2.24. The predicted molar refractivity (Wildman–Crippen MR) is 63.8 cm³/mol. The maximum atomic E-state index is 11.4. The molecule has 0 saturated heterocycles. The van der Waals surface area contributed by atoms with Crippen LogP contribution in [0.2, 0.25) is 20.1 Å². The molecule has 1 rings (SSSR count). The summed E-state index contributed by atoms with van der Waals surface area (Å²) in [6.45, 7) is 3.19. The van der Waals surface area contributed by atoms with Gasteiger partial charge in [0.05, 0.1) is 21.3 Å². The van der Waals surface area contributed by atoms with Gasteiger partial charge in [-0.25, -0.2) is 4.79 Å². The molecule has 0 aliphatic carbocycles. The Morgan fingerprint density at radius 1 is 1.12 bits per heavy atom. The first-order chi connectivity index (χ1) is 7.41. The Labute approximate surface area is 111 Å². The summed E-state index contributed by atoms with van der Waals surface area (Å²) < 4.78 is 4.46. The van der Waals surface area contributed by atoms with Crippen LogP contribution < -0.4 is 0 Å². The molecule has 0 heterocycles. The Balaban J connectivity index is 3.51. The SMILES string of the molecule is C=COC(=O)c1c(O)c(Cl)c(Cl)c(Cl)c1Cl. The molecule has 1 aromatic carbocycles. The fraction of sp³-hybridized carbons (Fsp3) is 0. The van der Waals surface area contributed by atoms with Crippen molar-refractivity contribution in [2.45, 2.75) is 0 Å². The Bertz CT molecular complexity index is 441. The minimum Gasteiger partial charge on any atom is -0.505 e. The zero-order valence-corrected chi connectivity index (χ0v) is 10.6. The van der Waals surface area contributed by atoms with Crippen LogP contribution in [0.5, 0.6) is 5.75 Å². The van der Waals surface area contributed by atoms with E-state index in [1.165, 1.54) is 0 Å². The summed E-state index contributed by atoms with van der Waals surface area (Å²) in [5.74, 6) is -1.52. The van der Waals surface area contributed by atoms with E-state index in [1.54, 1.807) is 0 Å². The number of aromatic hydroxyl groups is 1. The van der Waals surface area contributed by atoms with Gasteiger partial charge in [-0.2, -0.15) is 0 Å². The largest absolute Gasteiger partial charge is 0.505 e. The molecule has 0 unspecified atom stereocenters. The Kier molecular flexibility index (Phi) is 4.33. The molecule has 0 aliphatic heterocycles. The fourth-order valence-corrected chi connectivity index (χ4v) is 1.86. The molecule has 1 aromatic rings. The molecule has 16 heavy (non-hydrogen) atoms. The molecule has 0 radical (unpaired) electrons. The van der Waals surface area contributed by atoms with Crippen LogP contribution in [-0.2, 0) is 4.74 Å². The lowest BCUT2D eigenvalue weighted by Crippen LogP contribution is -2.03. The summed E-state index contributed by atoms with van der Waals surface area (Å²) in [5.41, 5.74) is -0.360. The van der Waals surface area contributed by atoms with Crippen LogP contribution in [0.3, 0.4) is 0 Å². The number of benzene rings is 1. The van der Waals surface area contributed by atoms with Crippen LogP contribution in [0.15, 0.2) is 12.8 Å². The van der Waals surface area contributed by atoms with E-state index in [4.69, 9.17) is 46.4 Å². The molecule has 0 aromatic heterocycles. The second-order valence-electron chi connectivity index (χ2n) is 2.55. The van der Waals surface area contributed by atoms with Crippen LogP contribution in [0, 0.1) is 0 Å². The second kappa shape index (κ2) is 5.15. The summed E-state index contributed by atoms with van der Waals surface area (Å²) in [6.07, 6.45) is 0.883. The summed E-state index contributed by atoms with van der Waals surface area (Å²) in [4.78, 5) is 11.4. The maximum absolute atomic E-state index is 11.4. The lowest BCUT2D eigenvalue weighted by molar-refractivity contribution is 0.0661. The van der Waals surface area contributed by atoms with Crippen LogP contribution in [0.1, 0.15) is 10.4 Å². The highest BCUT2D eigenvalue weighted by atomic mass is 35.5. The number of hydrogen-bond donors (Lipinski definition) is 1. The third-order valence-electron chi connectivity index (χ3n) is 1.64. The molecule has 86 valence electrons. The zero-order valence-electron chi connectivity index (χ0n) is 7.56. The average molecular weight is 302 g/mol. The van der Waals surface area contributed by atoms with Crippen molar-refractivity contribution in [2.24, 2.45) is 0 Å². The number of rotatable bonds is 2. The topological polar surface area (TPSA) is 46.5 Å². The van der Waals surface area contributed by atoms with E-state index in [9.17, 15) is 9.90 Å². The molecule has 0 bridgehead atoms. The molecule has 0 aliphatic rings. The van der Waals surface area contributed by atoms with Crippen LogP contribution in [0.4, 0.5) is 0 Å². The van der Waals surface area contributed by atoms with Gasteiger partial charge in [0.15, 0.2) is 5.75 Å². The van der Waals surface area contributed by atoms with Crippen molar-refractivity contribution >= 4 is 52.4 Å². The van der Waals surface area contributed by atoms with E-state index in [2.05, 4.69) is 11.3 Å². The first kappa shape index (κ1) is 13.5. The quantitative estimate of drug-likeness (QED) is 0.383. The van der Waals surface area contributed by atoms with Crippen LogP contribution in [-0.4, -0.2) is 11.1 Å². The Morgan fingerprint density at radius 3 is 2.12 bits per heavy atom. The molecule has 0 fully saturated rings. The highest BCUT2D eigenvalue weighted by Crippen LogP contribution is 2.45. The third kappa shape index (κ3) is 2.23. The van der Waals surface area contributed by atoms with Gasteiger partial charge in [-0.3, -0.25) is 0 Å². The smallest absolute Gasteiger partial charge is 0.348 e. The number of carbonyl (C=O) groups is 1. The number of hydrogen-bond acceptors (Lipinski definition) is 3. The minimum absolute atomic E-state index is 0.137. The number of halogens is 4. The summed E-state index contributed by atoms with van der Waals surface area (Å²) in [6, 6.07) is 0. The number of esters is 1. The molecule has 0 saturated carbocycles. The van der Waals surface area contributed by atoms with Gasteiger partial charge in [-0.1, -0.05) is 53.0 Å². The minimum atomic E-state index is -0.932. The van der Waals surface area contributed by atoms with Gasteiger partial charge in [0.25, 0.3) is 0 Å². The van der Waals surface area contributed by atoms with Crippen molar-refractivity contribution in [3.63, 3.8) is 0 Å². The predicted octanol–water partition coefficient (Wildman–Crippen LogP) is 4.31. The molecule has 0 atom stereocenters. The van der Waals surface area contributed by atoms with Gasteiger partial charge in [0, 0.05) is 0 Å². The molecule has 3 nitrogen and oxygen atoms in total. The van der Waals surface area contributed by atoms with Gasteiger partial charge < -0.3 is 9.84 Å². The van der Waals surface area contributed by atoms with Gasteiger partial charge in [0.2, 0.25) is 0 Å². The first-order valence-electron chi connectivity index (χ1n) is 3.78. The molecular weight excluding hydrogens is 298 g/mol. The fourth-order valence-electron chi connectivity index (χ4n) is 0.941. The molecule has 7 heteroatoms. The standard InChI is InChI=1S/C9H4Cl4O3/c1-2-16-9(15)3-4(10)5(11)6(12)7(13)8(3)14/h2,14H,1H2. The van der Waals surface area contributed by atoms with Crippen molar-refractivity contribution < 1.29 is 14.6 Å². The number of carbonyl (C=O) groups excluding carboxylic acids is 1. The first-order valence-corrected chi connectivity index (χ1v) is 5.29. The van der Waals surface area contributed by atoms with Gasteiger partial charge in [-0.05, 0) is 0 Å². The second-order valence-corrected chi connectivity index (χ2v) is 4.06. The van der Waals surface area contributed by atoms with Crippen molar-refractivity contribution in [3.8, 4) is 5.75 Å². The van der Waals surface area contributed by atoms with Crippen molar-refractivity contribution in [1.29, 1.82) is 0 Å². The van der Waals surface area contributed by atoms with Crippen molar-refractivity contribution in [3.05, 3.63) is 38.5 Å². The maximum Gasteiger partial charge on any atom is 0.348 e. The van der Waals surface area contributed by atoms with E-state index in [0.717, 1.165) is 6.26 Å². The van der Waals surface area contributed by atoms with Crippen LogP contribution in [0.25, 0.3) is 0 Å². The lowest BCUT2D eigenvalue weighted by Gasteiger charge is -2.10. The van der Waals surface area contributed by atoms with E-state index in [-0.39, 0.29) is 25.7 Å². The van der Waals surface area contributed by atoms with E-state index >= 15 is 0 Å². The van der Waals surface area contributed by atoms with Crippen LogP contribution >= 0.6 is 46.4 Å². The summed E-state index contributed by atoms with van der Waals surface area (Å²) in [5, 5.41) is 8.80. The lowest BCUT2D eigenvalue weighted by atomic mass is 10.2. The van der Waals surface area contributed by atoms with Crippen molar-refractivity contribution in [2.75, 3.05) is 0 Å². The molecule has 0 spiro atoms. The van der Waals surface area contributed by atoms with E-state index in [1.807, 2.05) is 0 Å². The third-order valence-corrected chi connectivity index (χ3v) is 3.43. The highest BCUT2D eigenvalue weighted by molar-refractivity contribution is 6.53. The van der Waals surface area contributed by atoms with Gasteiger partial charge in [-0.15, -0.1) is 0 Å². The van der Waals surface area contributed by atoms with Gasteiger partial charge >= 0.3 is 5.97 Å². The Morgan fingerprint density at radius 2 is 1.62 bits per heavy atom. The number of phenols is 1. The van der Waals surface area contributed by atoms with E-state index < -0.39 is 11.7 Å². The molecule has 1 N–H and O–H groups in total. The Hall–Kier alpha value is -0.610.